The summed E-state index contributed by atoms with van der Waals surface area (Å²) in [4.78, 5) is 15.0. The molecule has 5 nitrogen and oxygen atoms in total. The molecule has 0 unspecified atom stereocenters. The number of carbonyl (C=O) groups excluding carboxylic acids is 1. The molecule has 2 aromatic rings. The fourth-order valence-electron chi connectivity index (χ4n) is 3.05. The summed E-state index contributed by atoms with van der Waals surface area (Å²) in [6, 6.07) is 12.8. The van der Waals surface area contributed by atoms with Gasteiger partial charge in [0.2, 0.25) is 0 Å². The third kappa shape index (κ3) is 3.15. The Kier molecular flexibility index (Phi) is 4.59. The van der Waals surface area contributed by atoms with Crippen LogP contribution < -0.4 is 9.80 Å². The monoisotopic (exact) mass is 354 g/mol. The van der Waals surface area contributed by atoms with Crippen LogP contribution in [0.25, 0.3) is 0 Å². The smallest absolute Gasteiger partial charge is 0.150 e. The SMILES string of the molecule is CC(=N)N1C(=N)[C@H](C)CN(c2ccc(Cl)cc2)c2cc(C=O)ccc21. The fraction of sp³-hybridized carbons (Fsp3) is 0.211. The van der Waals surface area contributed by atoms with Crippen molar-refractivity contribution < 1.29 is 4.79 Å². The first-order valence-corrected chi connectivity index (χ1v) is 8.36. The second-order valence-electron chi connectivity index (χ2n) is 6.16. The van der Waals surface area contributed by atoms with E-state index in [1.54, 1.807) is 30.0 Å². The van der Waals surface area contributed by atoms with Crippen LogP contribution in [-0.4, -0.2) is 24.5 Å². The van der Waals surface area contributed by atoms with Gasteiger partial charge in [0.15, 0.2) is 0 Å². The maximum atomic E-state index is 11.3. The van der Waals surface area contributed by atoms with Gasteiger partial charge in [0.1, 0.15) is 18.0 Å². The zero-order valence-electron chi connectivity index (χ0n) is 14.1. The predicted molar refractivity (Wildman–Crippen MR) is 103 cm³/mol. The van der Waals surface area contributed by atoms with Crippen molar-refractivity contribution in [2.45, 2.75) is 13.8 Å². The number of benzene rings is 2. The molecule has 128 valence electrons. The van der Waals surface area contributed by atoms with Gasteiger partial charge >= 0.3 is 0 Å². The minimum Gasteiger partial charge on any atom is -0.339 e. The molecule has 1 aliphatic heterocycles. The van der Waals surface area contributed by atoms with Crippen LogP contribution in [0.3, 0.4) is 0 Å². The summed E-state index contributed by atoms with van der Waals surface area (Å²) >= 11 is 6.01. The van der Waals surface area contributed by atoms with Gasteiger partial charge in [-0.2, -0.15) is 0 Å². The molecule has 1 aliphatic rings. The number of amidine groups is 2. The molecule has 0 saturated heterocycles. The van der Waals surface area contributed by atoms with Gasteiger partial charge in [-0.3, -0.25) is 20.5 Å². The molecular weight excluding hydrogens is 336 g/mol. The van der Waals surface area contributed by atoms with Crippen LogP contribution in [0.2, 0.25) is 5.02 Å². The van der Waals surface area contributed by atoms with Gasteiger partial charge in [-0.1, -0.05) is 18.5 Å². The summed E-state index contributed by atoms with van der Waals surface area (Å²) in [5.74, 6) is 0.544. The Bertz CT molecular complexity index is 847. The van der Waals surface area contributed by atoms with Gasteiger partial charge in [0.25, 0.3) is 0 Å². The molecule has 3 rings (SSSR count). The number of rotatable bonds is 2. The molecule has 0 saturated carbocycles. The summed E-state index contributed by atoms with van der Waals surface area (Å²) in [5.41, 5.74) is 3.01. The maximum absolute atomic E-state index is 11.3. The summed E-state index contributed by atoms with van der Waals surface area (Å²) < 4.78 is 0. The van der Waals surface area contributed by atoms with Gasteiger partial charge in [-0.25, -0.2) is 0 Å². The maximum Gasteiger partial charge on any atom is 0.150 e. The minimum absolute atomic E-state index is 0.0944. The highest BCUT2D eigenvalue weighted by Crippen LogP contribution is 2.39. The Hall–Kier alpha value is -2.66. The third-order valence-electron chi connectivity index (χ3n) is 4.31. The van der Waals surface area contributed by atoms with Gasteiger partial charge in [0.05, 0.1) is 11.4 Å². The van der Waals surface area contributed by atoms with Crippen LogP contribution in [-0.2, 0) is 0 Å². The lowest BCUT2D eigenvalue weighted by molar-refractivity contribution is 0.112. The summed E-state index contributed by atoms with van der Waals surface area (Å²) in [7, 11) is 0. The van der Waals surface area contributed by atoms with E-state index in [1.165, 1.54) is 0 Å². The zero-order valence-corrected chi connectivity index (χ0v) is 14.8. The average Bonchev–Trinajstić information content (AvgIpc) is 2.70. The molecule has 0 bridgehead atoms. The summed E-state index contributed by atoms with van der Waals surface area (Å²) in [6.45, 7) is 4.20. The van der Waals surface area contributed by atoms with E-state index in [2.05, 4.69) is 4.90 Å². The molecule has 0 fully saturated rings. The molecule has 0 aliphatic carbocycles. The number of nitrogens with one attached hydrogen (secondary N) is 2. The quantitative estimate of drug-likeness (QED) is 0.465. The normalized spacial score (nSPS) is 17.1. The standard InChI is InChI=1S/C19H19ClN4O/c1-12-10-23(16-6-4-15(20)5-7-16)18-9-14(11-25)3-8-17(18)24(13(2)21)19(12)22/h3-9,11-12,21-22H,10H2,1-2H3/t12-/m1/s1. The van der Waals surface area contributed by atoms with Crippen molar-refractivity contribution in [3.8, 4) is 0 Å². The third-order valence-corrected chi connectivity index (χ3v) is 4.56. The van der Waals surface area contributed by atoms with Crippen LogP contribution >= 0.6 is 11.6 Å². The van der Waals surface area contributed by atoms with Crippen molar-refractivity contribution in [3.05, 3.63) is 53.1 Å². The average molecular weight is 355 g/mol. The van der Waals surface area contributed by atoms with Gasteiger partial charge in [-0.05, 0) is 49.4 Å². The van der Waals surface area contributed by atoms with E-state index in [4.69, 9.17) is 22.4 Å². The van der Waals surface area contributed by atoms with Gasteiger partial charge in [-0.15, -0.1) is 0 Å². The molecule has 6 heteroatoms. The molecule has 1 atom stereocenters. The first-order valence-electron chi connectivity index (χ1n) is 7.98. The minimum atomic E-state index is -0.0944. The number of hydrogen-bond acceptors (Lipinski definition) is 4. The molecule has 0 aromatic heterocycles. The lowest BCUT2D eigenvalue weighted by Crippen LogP contribution is -2.38. The lowest BCUT2D eigenvalue weighted by Gasteiger charge is -2.27. The van der Waals surface area contributed by atoms with E-state index in [0.29, 0.717) is 23.0 Å². The zero-order chi connectivity index (χ0) is 18.1. The van der Waals surface area contributed by atoms with E-state index in [9.17, 15) is 4.79 Å². The largest absolute Gasteiger partial charge is 0.339 e. The van der Waals surface area contributed by atoms with Crippen LogP contribution in [0.5, 0.6) is 0 Å². The molecule has 25 heavy (non-hydrogen) atoms. The van der Waals surface area contributed by atoms with Crippen LogP contribution in [0.1, 0.15) is 24.2 Å². The number of halogens is 1. The van der Waals surface area contributed by atoms with Crippen molar-refractivity contribution in [1.82, 2.24) is 0 Å². The van der Waals surface area contributed by atoms with E-state index in [0.717, 1.165) is 23.3 Å². The Morgan fingerprint density at radius 3 is 2.48 bits per heavy atom. The molecule has 1 heterocycles. The van der Waals surface area contributed by atoms with Gasteiger partial charge < -0.3 is 4.90 Å². The van der Waals surface area contributed by atoms with E-state index < -0.39 is 0 Å². The molecule has 2 N–H and O–H groups in total. The Labute approximate surface area is 151 Å². The van der Waals surface area contributed by atoms with Crippen molar-refractivity contribution in [2.75, 3.05) is 16.3 Å². The highest BCUT2D eigenvalue weighted by molar-refractivity contribution is 6.30. The number of aldehydes is 1. The van der Waals surface area contributed by atoms with Gasteiger partial charge in [0, 0.05) is 28.7 Å². The molecule has 0 amide bonds. The first kappa shape index (κ1) is 17.2. The molecule has 2 aromatic carbocycles. The predicted octanol–water partition coefficient (Wildman–Crippen LogP) is 4.72. The highest BCUT2D eigenvalue weighted by atomic mass is 35.5. The van der Waals surface area contributed by atoms with Crippen molar-refractivity contribution in [3.63, 3.8) is 0 Å². The van der Waals surface area contributed by atoms with Crippen molar-refractivity contribution >= 4 is 46.6 Å². The number of hydrogen-bond donors (Lipinski definition) is 2. The summed E-state index contributed by atoms with van der Waals surface area (Å²) in [5, 5.41) is 17.3. The lowest BCUT2D eigenvalue weighted by atomic mass is 10.1. The second kappa shape index (κ2) is 6.69. The van der Waals surface area contributed by atoms with Crippen LogP contribution in [0, 0.1) is 16.7 Å². The highest BCUT2D eigenvalue weighted by Gasteiger charge is 2.30. The fourth-order valence-corrected chi connectivity index (χ4v) is 3.18. The Balaban J connectivity index is 2.23. The number of fused-ring (bicyclic) bond motifs is 1. The van der Waals surface area contributed by atoms with Crippen LogP contribution in [0.15, 0.2) is 42.5 Å². The van der Waals surface area contributed by atoms with Crippen LogP contribution in [0.4, 0.5) is 17.1 Å². The van der Waals surface area contributed by atoms with E-state index >= 15 is 0 Å². The summed E-state index contributed by atoms with van der Waals surface area (Å²) in [6.07, 6.45) is 0.807. The van der Waals surface area contributed by atoms with Crippen molar-refractivity contribution in [1.29, 1.82) is 10.8 Å². The number of nitrogens with zero attached hydrogens (tertiary/aromatic N) is 2. The van der Waals surface area contributed by atoms with E-state index in [1.807, 2.05) is 31.2 Å². The Morgan fingerprint density at radius 1 is 1.20 bits per heavy atom. The number of carbonyl (C=O) groups is 1. The molecule has 0 spiro atoms. The first-order chi connectivity index (χ1) is 11.9. The van der Waals surface area contributed by atoms with E-state index in [-0.39, 0.29) is 11.8 Å². The molecular formula is C19H19ClN4O. The molecule has 0 radical (unpaired) electrons. The number of anilines is 3. The topological polar surface area (TPSA) is 71.2 Å². The Morgan fingerprint density at radius 2 is 1.88 bits per heavy atom. The van der Waals surface area contributed by atoms with Crippen molar-refractivity contribution in [2.24, 2.45) is 5.92 Å². The second-order valence-corrected chi connectivity index (χ2v) is 6.60.